The molecule has 0 fully saturated rings. The van der Waals surface area contributed by atoms with Crippen LogP contribution in [0, 0.1) is 0 Å². The van der Waals surface area contributed by atoms with Gasteiger partial charge in [-0.2, -0.15) is 13.2 Å². The Labute approximate surface area is 235 Å². The van der Waals surface area contributed by atoms with Crippen LogP contribution in [0.15, 0.2) is 91.3 Å². The molecule has 2 heterocycles. The van der Waals surface area contributed by atoms with Crippen molar-refractivity contribution in [2.45, 2.75) is 13.1 Å². The van der Waals surface area contributed by atoms with Crippen LogP contribution in [0.5, 0.6) is 11.6 Å². The summed E-state index contributed by atoms with van der Waals surface area (Å²) in [5.74, 6) is -0.513. The molecule has 1 amide bonds. The average molecular weight is 579 g/mol. The second-order valence-electron chi connectivity index (χ2n) is 8.30. The molecule has 41 heavy (non-hydrogen) atoms. The molecule has 0 bridgehead atoms. The van der Waals surface area contributed by atoms with Crippen LogP contribution in [0.25, 0.3) is 27.6 Å². The van der Waals surface area contributed by atoms with Gasteiger partial charge in [0.25, 0.3) is 0 Å². The van der Waals surface area contributed by atoms with Crippen molar-refractivity contribution in [3.63, 3.8) is 0 Å². The smallest absolute Gasteiger partial charge is 0.416 e. The molecule has 0 radical (unpaired) electrons. The average Bonchev–Trinajstić information content (AvgIpc) is 3.35. The normalized spacial score (nSPS) is 11.1. The summed E-state index contributed by atoms with van der Waals surface area (Å²) in [5, 5.41) is 11.4. The maximum atomic E-state index is 12.8. The number of hydrogen-bond donors (Lipinski definition) is 2. The molecule has 0 aliphatic carbocycles. The number of benzene rings is 3. The maximum absolute atomic E-state index is 12.8. The highest BCUT2D eigenvalue weighted by molar-refractivity contribution is 7.22. The summed E-state index contributed by atoms with van der Waals surface area (Å²) in [6.45, 7) is 1.40. The Balaban J connectivity index is 0.000000296. The van der Waals surface area contributed by atoms with Gasteiger partial charge in [-0.25, -0.2) is 19.7 Å². The van der Waals surface area contributed by atoms with Gasteiger partial charge in [-0.3, -0.25) is 4.79 Å². The zero-order valence-corrected chi connectivity index (χ0v) is 22.1. The zero-order valence-electron chi connectivity index (χ0n) is 21.3. The predicted octanol–water partition coefficient (Wildman–Crippen LogP) is 7.31. The number of carboxylic acids is 1. The van der Waals surface area contributed by atoms with E-state index in [9.17, 15) is 22.8 Å². The molecule has 3 aromatic carbocycles. The lowest BCUT2D eigenvalue weighted by atomic mass is 10.1. The van der Waals surface area contributed by atoms with Gasteiger partial charge < -0.3 is 15.2 Å². The van der Waals surface area contributed by atoms with Gasteiger partial charge in [0, 0.05) is 24.6 Å². The molecule has 5 rings (SSSR count). The number of rotatable bonds is 6. The van der Waals surface area contributed by atoms with E-state index in [4.69, 9.17) is 9.84 Å². The Morgan fingerprint density at radius 3 is 2.37 bits per heavy atom. The van der Waals surface area contributed by atoms with Crippen LogP contribution in [0.1, 0.15) is 18.1 Å². The van der Waals surface area contributed by atoms with Gasteiger partial charge >= 0.3 is 12.1 Å². The number of nitrogens with zero attached hydrogens (tertiary/aromatic N) is 3. The van der Waals surface area contributed by atoms with Gasteiger partial charge in [-0.15, -0.1) is 0 Å². The Kier molecular flexibility index (Phi) is 9.05. The largest absolute Gasteiger partial charge is 0.478 e. The van der Waals surface area contributed by atoms with Crippen molar-refractivity contribution in [3.05, 3.63) is 102 Å². The molecule has 2 aromatic heterocycles. The van der Waals surface area contributed by atoms with Gasteiger partial charge in [0.2, 0.25) is 11.8 Å². The number of thiazole rings is 1. The van der Waals surface area contributed by atoms with Crippen LogP contribution in [-0.4, -0.2) is 31.9 Å². The number of para-hydroxylation sites is 1. The van der Waals surface area contributed by atoms with Crippen LogP contribution in [0.3, 0.4) is 0 Å². The lowest BCUT2D eigenvalue weighted by Crippen LogP contribution is -2.04. The second kappa shape index (κ2) is 12.8. The van der Waals surface area contributed by atoms with E-state index in [0.717, 1.165) is 28.5 Å². The van der Waals surface area contributed by atoms with Gasteiger partial charge in [0.1, 0.15) is 11.8 Å². The highest BCUT2D eigenvalue weighted by Crippen LogP contribution is 2.35. The SMILES string of the molecule is CC(=O)Nc1nc2c(Oc3cc(-c4ccc(C(F)(F)F)cc4)ncn3)cccc2s1.O=C(O)C=Cc1ccccc1. The Bertz CT molecular complexity index is 1690. The molecular weight excluding hydrogens is 557 g/mol. The molecule has 0 atom stereocenters. The molecule has 0 saturated heterocycles. The third kappa shape index (κ3) is 8.19. The van der Waals surface area contributed by atoms with E-state index in [1.54, 1.807) is 18.2 Å². The third-order valence-electron chi connectivity index (χ3n) is 5.25. The number of aliphatic carboxylic acids is 1. The van der Waals surface area contributed by atoms with Crippen LogP contribution in [0.4, 0.5) is 18.3 Å². The molecule has 0 unspecified atom stereocenters. The highest BCUT2D eigenvalue weighted by Gasteiger charge is 2.30. The maximum Gasteiger partial charge on any atom is 0.416 e. The number of amides is 1. The fourth-order valence-corrected chi connectivity index (χ4v) is 4.37. The van der Waals surface area contributed by atoms with Crippen molar-refractivity contribution in [1.29, 1.82) is 0 Å². The molecule has 5 aromatic rings. The minimum absolute atomic E-state index is 0.210. The molecule has 0 spiro atoms. The standard InChI is InChI=1S/C20H13F3N4O2S.C9H8O2/c1-11(28)26-19-27-18-15(3-2-4-16(18)30-19)29-17-9-14(24-10-25-17)12-5-7-13(8-6-12)20(21,22)23;10-9(11)7-6-8-4-2-1-3-5-8/h2-10H,1H3,(H,26,27,28);1-7H,(H,10,11). The van der Waals surface area contributed by atoms with E-state index in [1.165, 1.54) is 42.8 Å². The summed E-state index contributed by atoms with van der Waals surface area (Å²) in [7, 11) is 0. The molecule has 12 heteroatoms. The van der Waals surface area contributed by atoms with E-state index >= 15 is 0 Å². The summed E-state index contributed by atoms with van der Waals surface area (Å²) in [5.41, 5.74) is 1.63. The monoisotopic (exact) mass is 578 g/mol. The van der Waals surface area contributed by atoms with Gasteiger partial charge in [-0.1, -0.05) is 59.9 Å². The van der Waals surface area contributed by atoms with Crippen molar-refractivity contribution in [3.8, 4) is 22.9 Å². The van der Waals surface area contributed by atoms with Crippen molar-refractivity contribution >= 4 is 44.6 Å². The lowest BCUT2D eigenvalue weighted by Gasteiger charge is -2.09. The zero-order chi connectivity index (χ0) is 29.4. The number of aromatic nitrogens is 3. The van der Waals surface area contributed by atoms with Crippen LogP contribution in [0.2, 0.25) is 0 Å². The molecule has 208 valence electrons. The number of hydrogen-bond acceptors (Lipinski definition) is 7. The minimum atomic E-state index is -4.40. The summed E-state index contributed by atoms with van der Waals surface area (Å²) in [4.78, 5) is 33.9. The molecule has 8 nitrogen and oxygen atoms in total. The number of alkyl halides is 3. The van der Waals surface area contributed by atoms with Crippen LogP contribution < -0.4 is 10.1 Å². The number of anilines is 1. The first-order valence-corrected chi connectivity index (χ1v) is 12.7. The Morgan fingerprint density at radius 1 is 0.976 bits per heavy atom. The first-order chi connectivity index (χ1) is 19.6. The predicted molar refractivity (Wildman–Crippen MR) is 150 cm³/mol. The molecule has 2 N–H and O–H groups in total. The lowest BCUT2D eigenvalue weighted by molar-refractivity contribution is -0.137. The van der Waals surface area contributed by atoms with Crippen LogP contribution >= 0.6 is 11.3 Å². The van der Waals surface area contributed by atoms with Gasteiger partial charge in [-0.05, 0) is 35.9 Å². The van der Waals surface area contributed by atoms with E-state index < -0.39 is 17.7 Å². The van der Waals surface area contributed by atoms with E-state index in [1.807, 2.05) is 36.4 Å². The molecule has 0 aliphatic rings. The first kappa shape index (κ1) is 28.9. The number of fused-ring (bicyclic) bond motifs is 1. The van der Waals surface area contributed by atoms with E-state index in [-0.39, 0.29) is 11.8 Å². The van der Waals surface area contributed by atoms with Crippen molar-refractivity contribution < 1.29 is 32.6 Å². The van der Waals surface area contributed by atoms with Crippen molar-refractivity contribution in [1.82, 2.24) is 15.0 Å². The van der Waals surface area contributed by atoms with E-state index in [0.29, 0.717) is 27.7 Å². The first-order valence-electron chi connectivity index (χ1n) is 11.9. The summed E-state index contributed by atoms with van der Waals surface area (Å²) in [6.07, 6.45) is -0.454. The van der Waals surface area contributed by atoms with Crippen LogP contribution in [-0.2, 0) is 15.8 Å². The Hall–Kier alpha value is -5.10. The number of carbonyl (C=O) groups is 2. The fraction of sp³-hybridized carbons (Fsp3) is 0.0690. The van der Waals surface area contributed by atoms with E-state index in [2.05, 4.69) is 20.3 Å². The molecule has 0 aliphatic heterocycles. The number of ether oxygens (including phenoxy) is 1. The number of halogens is 3. The Morgan fingerprint density at radius 2 is 1.71 bits per heavy atom. The fourth-order valence-electron chi connectivity index (χ4n) is 3.44. The minimum Gasteiger partial charge on any atom is -0.478 e. The number of nitrogens with one attached hydrogen (secondary N) is 1. The highest BCUT2D eigenvalue weighted by atomic mass is 32.1. The molecule has 0 saturated carbocycles. The topological polar surface area (TPSA) is 114 Å². The summed E-state index contributed by atoms with van der Waals surface area (Å²) in [6, 6.07) is 20.9. The second-order valence-corrected chi connectivity index (χ2v) is 9.33. The van der Waals surface area contributed by atoms with Crippen molar-refractivity contribution in [2.24, 2.45) is 0 Å². The number of carbonyl (C=O) groups excluding carboxylic acids is 1. The summed E-state index contributed by atoms with van der Waals surface area (Å²) < 4.78 is 44.9. The van der Waals surface area contributed by atoms with Gasteiger partial charge in [0.05, 0.1) is 16.0 Å². The van der Waals surface area contributed by atoms with Gasteiger partial charge in [0.15, 0.2) is 10.9 Å². The summed E-state index contributed by atoms with van der Waals surface area (Å²) >= 11 is 1.31. The molecular formula is C29H21F3N4O4S. The van der Waals surface area contributed by atoms with Crippen molar-refractivity contribution in [2.75, 3.05) is 5.32 Å². The third-order valence-corrected chi connectivity index (χ3v) is 6.18. The quantitative estimate of drug-likeness (QED) is 0.203. The number of carboxylic acid groups (broad SMARTS) is 1.